The van der Waals surface area contributed by atoms with Crippen molar-refractivity contribution in [2.24, 2.45) is 0 Å². The van der Waals surface area contributed by atoms with E-state index in [4.69, 9.17) is 14.0 Å². The highest BCUT2D eigenvalue weighted by molar-refractivity contribution is 6.04. The fourth-order valence-corrected chi connectivity index (χ4v) is 3.07. The lowest BCUT2D eigenvalue weighted by molar-refractivity contribution is 0.102. The molecule has 0 saturated heterocycles. The Kier molecular flexibility index (Phi) is 5.70. The number of hydrogen-bond acceptors (Lipinski definition) is 6. The van der Waals surface area contributed by atoms with Crippen molar-refractivity contribution in [2.45, 2.75) is 20.5 Å². The van der Waals surface area contributed by atoms with Crippen molar-refractivity contribution >= 4 is 17.2 Å². The van der Waals surface area contributed by atoms with E-state index in [-0.39, 0.29) is 18.1 Å². The number of nitrogens with one attached hydrogen (secondary N) is 1. The van der Waals surface area contributed by atoms with Gasteiger partial charge < -0.3 is 19.3 Å². The van der Waals surface area contributed by atoms with E-state index in [0.29, 0.717) is 46.5 Å². The first-order chi connectivity index (χ1) is 15.0. The second-order valence-corrected chi connectivity index (χ2v) is 6.82. The highest BCUT2D eigenvalue weighted by Gasteiger charge is 2.10. The zero-order valence-corrected chi connectivity index (χ0v) is 17.1. The summed E-state index contributed by atoms with van der Waals surface area (Å²) in [5.41, 5.74) is 1.67. The summed E-state index contributed by atoms with van der Waals surface area (Å²) in [5.74, 6) is 1.51. The Morgan fingerprint density at radius 3 is 2.65 bits per heavy atom. The second kappa shape index (κ2) is 8.74. The Morgan fingerprint density at radius 1 is 1.06 bits per heavy atom. The molecule has 0 atom stereocenters. The highest BCUT2D eigenvalue weighted by atomic mass is 16.5. The molecule has 0 aliphatic heterocycles. The summed E-state index contributed by atoms with van der Waals surface area (Å²) < 4.78 is 17.6. The number of aromatic nitrogens is 2. The number of anilines is 1. The van der Waals surface area contributed by atoms with Gasteiger partial charge in [-0.15, -0.1) is 4.57 Å². The van der Waals surface area contributed by atoms with Gasteiger partial charge in [0.25, 0.3) is 11.5 Å². The number of carbonyl (C=O) groups is 1. The molecule has 0 aliphatic rings. The molecule has 158 valence electrons. The smallest absolute Gasteiger partial charge is 0.287 e. The summed E-state index contributed by atoms with van der Waals surface area (Å²) in [6, 6.07) is 17.0. The van der Waals surface area contributed by atoms with Gasteiger partial charge in [0.1, 0.15) is 23.9 Å². The third-order valence-corrected chi connectivity index (χ3v) is 4.41. The summed E-state index contributed by atoms with van der Waals surface area (Å²) in [4.78, 5) is 29.0. The van der Waals surface area contributed by atoms with Gasteiger partial charge in [-0.1, -0.05) is 12.1 Å². The number of amides is 1. The number of carbonyl (C=O) groups excluding carboxylic acids is 1. The van der Waals surface area contributed by atoms with E-state index in [1.165, 1.54) is 6.07 Å². The molecule has 1 amide bonds. The predicted octanol–water partition coefficient (Wildman–Crippen LogP) is 3.83. The molecular weight excluding hydrogens is 398 g/mol. The summed E-state index contributed by atoms with van der Waals surface area (Å²) in [6.45, 7) is 4.26. The average molecular weight is 419 g/mol. The van der Waals surface area contributed by atoms with Gasteiger partial charge >= 0.3 is 0 Å². The van der Waals surface area contributed by atoms with Crippen LogP contribution in [0.15, 0.2) is 70.0 Å². The van der Waals surface area contributed by atoms with E-state index in [2.05, 4.69) is 10.3 Å². The van der Waals surface area contributed by atoms with Crippen LogP contribution in [0.2, 0.25) is 0 Å². The Balaban J connectivity index is 1.44. The molecule has 4 aromatic rings. The zero-order chi connectivity index (χ0) is 21.8. The van der Waals surface area contributed by atoms with Crippen molar-refractivity contribution in [1.29, 1.82) is 0 Å². The molecule has 8 heteroatoms. The van der Waals surface area contributed by atoms with E-state index in [1.54, 1.807) is 61.5 Å². The van der Waals surface area contributed by atoms with Crippen molar-refractivity contribution < 1.29 is 18.8 Å². The molecule has 0 unspecified atom stereocenters. The van der Waals surface area contributed by atoms with Crippen molar-refractivity contribution in [2.75, 3.05) is 11.9 Å². The van der Waals surface area contributed by atoms with Gasteiger partial charge in [-0.05, 0) is 44.2 Å². The largest absolute Gasteiger partial charge is 0.494 e. The number of aryl methyl sites for hydroxylation is 1. The van der Waals surface area contributed by atoms with Crippen LogP contribution in [0.1, 0.15) is 28.7 Å². The fourth-order valence-electron chi connectivity index (χ4n) is 3.07. The summed E-state index contributed by atoms with van der Waals surface area (Å²) >= 11 is 0. The van der Waals surface area contributed by atoms with Crippen molar-refractivity contribution in [1.82, 2.24) is 9.56 Å². The number of rotatable bonds is 7. The molecule has 0 radical (unpaired) electrons. The van der Waals surface area contributed by atoms with E-state index in [1.807, 2.05) is 6.92 Å². The molecule has 0 aliphatic carbocycles. The normalized spacial score (nSPS) is 10.8. The maximum absolute atomic E-state index is 12.6. The Hall–Kier alpha value is -4.07. The van der Waals surface area contributed by atoms with Gasteiger partial charge in [-0.2, -0.15) is 0 Å². The zero-order valence-electron chi connectivity index (χ0n) is 17.1. The number of hydrogen-bond donors (Lipinski definition) is 1. The van der Waals surface area contributed by atoms with Gasteiger partial charge in [0.2, 0.25) is 0 Å². The lowest BCUT2D eigenvalue weighted by atomic mass is 10.2. The maximum atomic E-state index is 12.6. The number of benzene rings is 2. The standard InChI is InChI=1S/C23H21N3O5/c1-3-29-19-8-4-6-16(11-19)23(28)25-17-7-5-9-20(12-17)30-14-18-13-22(27)26-21(24-18)10-15(2)31-26/h4-13H,3,14H2,1-2H3,(H,25,28). The Morgan fingerprint density at radius 2 is 1.84 bits per heavy atom. The van der Waals surface area contributed by atoms with Gasteiger partial charge in [0.05, 0.1) is 12.3 Å². The summed E-state index contributed by atoms with van der Waals surface area (Å²) in [6.07, 6.45) is 0. The molecule has 0 saturated carbocycles. The lowest BCUT2D eigenvalue weighted by Crippen LogP contribution is -2.14. The predicted molar refractivity (Wildman–Crippen MR) is 115 cm³/mol. The first-order valence-electron chi connectivity index (χ1n) is 9.78. The molecule has 31 heavy (non-hydrogen) atoms. The monoisotopic (exact) mass is 419 g/mol. The van der Waals surface area contributed by atoms with Crippen LogP contribution < -0.4 is 20.3 Å². The Bertz CT molecular complexity index is 1290. The van der Waals surface area contributed by atoms with Gasteiger partial charge in [0.15, 0.2) is 5.65 Å². The minimum Gasteiger partial charge on any atom is -0.494 e. The second-order valence-electron chi connectivity index (χ2n) is 6.82. The molecular formula is C23H21N3O5. The Labute approximate surface area is 178 Å². The third-order valence-electron chi connectivity index (χ3n) is 4.41. The molecule has 0 fully saturated rings. The van der Waals surface area contributed by atoms with Crippen molar-refractivity contribution in [3.63, 3.8) is 0 Å². The van der Waals surface area contributed by atoms with Crippen LogP contribution in [0.4, 0.5) is 5.69 Å². The highest BCUT2D eigenvalue weighted by Crippen LogP contribution is 2.20. The van der Waals surface area contributed by atoms with E-state index < -0.39 is 0 Å². The SMILES string of the molecule is CCOc1cccc(C(=O)Nc2cccc(OCc3cc(=O)n4oc(C)cc4n3)c2)c1. The van der Waals surface area contributed by atoms with E-state index in [9.17, 15) is 9.59 Å². The molecule has 2 heterocycles. The minimum atomic E-state index is -0.313. The molecule has 1 N–H and O–H groups in total. The third kappa shape index (κ3) is 4.75. The summed E-state index contributed by atoms with van der Waals surface area (Å²) in [5, 5.41) is 2.85. The van der Waals surface area contributed by atoms with Crippen LogP contribution in [0.25, 0.3) is 5.65 Å². The van der Waals surface area contributed by atoms with Crippen LogP contribution in [0, 0.1) is 6.92 Å². The molecule has 8 nitrogen and oxygen atoms in total. The van der Waals surface area contributed by atoms with E-state index >= 15 is 0 Å². The van der Waals surface area contributed by atoms with Crippen molar-refractivity contribution in [3.8, 4) is 11.5 Å². The molecule has 0 bridgehead atoms. The average Bonchev–Trinajstić information content (AvgIpc) is 3.14. The van der Waals surface area contributed by atoms with Crippen LogP contribution in [0.5, 0.6) is 11.5 Å². The lowest BCUT2D eigenvalue weighted by Gasteiger charge is -2.10. The van der Waals surface area contributed by atoms with Crippen LogP contribution in [-0.2, 0) is 6.61 Å². The molecule has 2 aromatic carbocycles. The number of ether oxygens (including phenoxy) is 2. The summed E-state index contributed by atoms with van der Waals surface area (Å²) in [7, 11) is 0. The molecule has 0 spiro atoms. The van der Waals surface area contributed by atoms with Crippen LogP contribution in [0.3, 0.4) is 0 Å². The number of nitrogens with zero attached hydrogens (tertiary/aromatic N) is 2. The first-order valence-corrected chi connectivity index (χ1v) is 9.78. The van der Waals surface area contributed by atoms with Gasteiger partial charge in [-0.3, -0.25) is 9.59 Å². The van der Waals surface area contributed by atoms with E-state index in [0.717, 1.165) is 4.57 Å². The van der Waals surface area contributed by atoms with Gasteiger partial charge in [-0.25, -0.2) is 4.98 Å². The fraction of sp³-hybridized carbons (Fsp3) is 0.174. The van der Waals surface area contributed by atoms with Crippen molar-refractivity contribution in [3.05, 3.63) is 88.0 Å². The first kappa shape index (κ1) is 20.2. The van der Waals surface area contributed by atoms with Crippen LogP contribution in [-0.4, -0.2) is 22.1 Å². The molecule has 2 aromatic heterocycles. The minimum absolute atomic E-state index is 0.101. The van der Waals surface area contributed by atoms with Gasteiger partial charge in [0, 0.05) is 29.4 Å². The quantitative estimate of drug-likeness (QED) is 0.489. The topological polar surface area (TPSA) is 95.1 Å². The molecule has 4 rings (SSSR count). The van der Waals surface area contributed by atoms with Crippen LogP contribution >= 0.6 is 0 Å². The number of fused-ring (bicyclic) bond motifs is 1. The maximum Gasteiger partial charge on any atom is 0.287 e.